The first-order valence-electron chi connectivity index (χ1n) is 7.29. The Morgan fingerprint density at radius 2 is 1.94 bits per heavy atom. The summed E-state index contributed by atoms with van der Waals surface area (Å²) < 4.78 is 5.55. The lowest BCUT2D eigenvalue weighted by molar-refractivity contribution is 0.405. The molecule has 1 aliphatic carbocycles. The summed E-state index contributed by atoms with van der Waals surface area (Å²) in [6.45, 7) is 1.16. The second-order valence-corrected chi connectivity index (χ2v) is 5.63. The molecule has 1 aromatic rings. The third kappa shape index (κ3) is 2.26. The van der Waals surface area contributed by atoms with Gasteiger partial charge in [0, 0.05) is 6.04 Å². The van der Waals surface area contributed by atoms with Crippen LogP contribution >= 0.6 is 0 Å². The highest BCUT2D eigenvalue weighted by Gasteiger charge is 2.23. The molecule has 18 heavy (non-hydrogen) atoms. The van der Waals surface area contributed by atoms with Crippen LogP contribution in [-0.2, 0) is 0 Å². The van der Waals surface area contributed by atoms with Crippen LogP contribution in [0, 0.1) is 0 Å². The van der Waals surface area contributed by atoms with Crippen LogP contribution in [0.3, 0.4) is 0 Å². The average molecular weight is 245 g/mol. The lowest BCUT2D eigenvalue weighted by Crippen LogP contribution is -2.13. The molecular formula is C16H23NO. The normalized spacial score (nSPS) is 24.6. The fourth-order valence-electron chi connectivity index (χ4n) is 3.49. The molecule has 1 unspecified atom stereocenters. The van der Waals surface area contributed by atoms with Crippen molar-refractivity contribution < 1.29 is 4.74 Å². The minimum absolute atomic E-state index is 0.566. The molecular weight excluding hydrogens is 222 g/mol. The van der Waals surface area contributed by atoms with Crippen LogP contribution in [0.5, 0.6) is 5.75 Å². The van der Waals surface area contributed by atoms with Crippen LogP contribution in [0.2, 0.25) is 0 Å². The van der Waals surface area contributed by atoms with Crippen molar-refractivity contribution in [3.8, 4) is 5.75 Å². The zero-order valence-corrected chi connectivity index (χ0v) is 11.2. The van der Waals surface area contributed by atoms with Crippen molar-refractivity contribution in [2.45, 2.75) is 50.5 Å². The molecule has 98 valence electrons. The van der Waals surface area contributed by atoms with Crippen molar-refractivity contribution in [3.63, 3.8) is 0 Å². The van der Waals surface area contributed by atoms with E-state index in [-0.39, 0.29) is 0 Å². The van der Waals surface area contributed by atoms with Crippen molar-refractivity contribution in [2.24, 2.45) is 0 Å². The summed E-state index contributed by atoms with van der Waals surface area (Å²) in [6, 6.07) is 7.37. The molecule has 0 bridgehead atoms. The Kier molecular flexibility index (Phi) is 3.55. The zero-order valence-electron chi connectivity index (χ0n) is 11.2. The molecule has 1 N–H and O–H groups in total. The molecule has 0 amide bonds. The molecule has 2 fully saturated rings. The lowest BCUT2D eigenvalue weighted by atomic mass is 9.92. The van der Waals surface area contributed by atoms with Crippen LogP contribution in [-0.4, -0.2) is 13.7 Å². The van der Waals surface area contributed by atoms with E-state index in [2.05, 4.69) is 23.5 Å². The number of nitrogens with one attached hydrogen (secondary N) is 1. The van der Waals surface area contributed by atoms with Crippen molar-refractivity contribution in [1.82, 2.24) is 5.32 Å². The second-order valence-electron chi connectivity index (χ2n) is 5.63. The van der Waals surface area contributed by atoms with Gasteiger partial charge >= 0.3 is 0 Å². The van der Waals surface area contributed by atoms with Gasteiger partial charge in [-0.05, 0) is 55.3 Å². The Hall–Kier alpha value is -1.02. The molecule has 2 heteroatoms. The van der Waals surface area contributed by atoms with Crippen molar-refractivity contribution in [2.75, 3.05) is 13.7 Å². The van der Waals surface area contributed by atoms with Crippen molar-refractivity contribution >= 4 is 0 Å². The third-order valence-corrected chi connectivity index (χ3v) is 4.51. The van der Waals surface area contributed by atoms with Crippen LogP contribution < -0.4 is 10.1 Å². The molecule has 0 spiro atoms. The number of hydrogen-bond acceptors (Lipinski definition) is 2. The fourth-order valence-corrected chi connectivity index (χ4v) is 3.49. The van der Waals surface area contributed by atoms with Crippen LogP contribution in [0.15, 0.2) is 18.2 Å². The van der Waals surface area contributed by atoms with Gasteiger partial charge in [0.05, 0.1) is 7.11 Å². The molecule has 1 aliphatic heterocycles. The van der Waals surface area contributed by atoms with E-state index in [1.807, 2.05) is 0 Å². The standard InChI is InChI=1S/C16H23NO/c1-18-16-9-8-13(15-7-4-10-17-15)11-14(16)12-5-2-3-6-12/h8-9,11-12,15,17H,2-7,10H2,1H3. The number of methoxy groups -OCH3 is 1. The fraction of sp³-hybridized carbons (Fsp3) is 0.625. The van der Waals surface area contributed by atoms with Crippen LogP contribution in [0.1, 0.15) is 61.6 Å². The van der Waals surface area contributed by atoms with E-state index in [0.29, 0.717) is 6.04 Å². The van der Waals surface area contributed by atoms with Crippen molar-refractivity contribution in [1.29, 1.82) is 0 Å². The third-order valence-electron chi connectivity index (χ3n) is 4.51. The zero-order chi connectivity index (χ0) is 12.4. The largest absolute Gasteiger partial charge is 0.496 e. The first-order valence-corrected chi connectivity index (χ1v) is 7.29. The van der Waals surface area contributed by atoms with Crippen molar-refractivity contribution in [3.05, 3.63) is 29.3 Å². The maximum atomic E-state index is 5.55. The Bertz CT molecular complexity index is 404. The van der Waals surface area contributed by atoms with E-state index < -0.39 is 0 Å². The second kappa shape index (κ2) is 5.31. The molecule has 1 saturated heterocycles. The number of ether oxygens (including phenoxy) is 1. The average Bonchev–Trinajstić information content (AvgIpc) is 3.11. The summed E-state index contributed by atoms with van der Waals surface area (Å²) in [4.78, 5) is 0. The quantitative estimate of drug-likeness (QED) is 0.875. The van der Waals surface area contributed by atoms with Gasteiger partial charge in [0.2, 0.25) is 0 Å². The topological polar surface area (TPSA) is 21.3 Å². The molecule has 1 saturated carbocycles. The summed E-state index contributed by atoms with van der Waals surface area (Å²) in [5.74, 6) is 1.81. The van der Waals surface area contributed by atoms with E-state index in [1.54, 1.807) is 7.11 Å². The first kappa shape index (κ1) is 12.0. The van der Waals surface area contributed by atoms with Crippen LogP contribution in [0.4, 0.5) is 0 Å². The van der Waals surface area contributed by atoms with Gasteiger partial charge in [-0.1, -0.05) is 25.0 Å². The SMILES string of the molecule is COc1ccc(C2CCCN2)cc1C1CCCC1. The number of benzene rings is 1. The smallest absolute Gasteiger partial charge is 0.122 e. The molecule has 1 heterocycles. The molecule has 1 aromatic carbocycles. The van der Waals surface area contributed by atoms with E-state index >= 15 is 0 Å². The van der Waals surface area contributed by atoms with Gasteiger partial charge in [-0.25, -0.2) is 0 Å². The summed E-state index contributed by atoms with van der Waals surface area (Å²) in [6.07, 6.45) is 7.99. The Morgan fingerprint density at radius 3 is 2.61 bits per heavy atom. The summed E-state index contributed by atoms with van der Waals surface area (Å²) in [5.41, 5.74) is 2.90. The molecule has 0 radical (unpaired) electrons. The maximum Gasteiger partial charge on any atom is 0.122 e. The monoisotopic (exact) mass is 245 g/mol. The molecule has 0 aromatic heterocycles. The van der Waals surface area contributed by atoms with Crippen LogP contribution in [0.25, 0.3) is 0 Å². The minimum atomic E-state index is 0.566. The van der Waals surface area contributed by atoms with E-state index in [1.165, 1.54) is 49.7 Å². The van der Waals surface area contributed by atoms with Gasteiger partial charge < -0.3 is 10.1 Å². The highest BCUT2D eigenvalue weighted by Crippen LogP contribution is 2.40. The van der Waals surface area contributed by atoms with Gasteiger partial charge in [-0.3, -0.25) is 0 Å². The minimum Gasteiger partial charge on any atom is -0.496 e. The highest BCUT2D eigenvalue weighted by molar-refractivity contribution is 5.41. The number of hydrogen-bond donors (Lipinski definition) is 1. The molecule has 2 aliphatic rings. The highest BCUT2D eigenvalue weighted by atomic mass is 16.5. The van der Waals surface area contributed by atoms with E-state index in [4.69, 9.17) is 4.74 Å². The molecule has 3 rings (SSSR count). The van der Waals surface area contributed by atoms with E-state index in [9.17, 15) is 0 Å². The molecule has 1 atom stereocenters. The molecule has 2 nitrogen and oxygen atoms in total. The summed E-state index contributed by atoms with van der Waals surface area (Å²) in [7, 11) is 1.79. The van der Waals surface area contributed by atoms with Gasteiger partial charge in [0.1, 0.15) is 5.75 Å². The predicted molar refractivity (Wildman–Crippen MR) is 74.2 cm³/mol. The Morgan fingerprint density at radius 1 is 1.11 bits per heavy atom. The lowest BCUT2D eigenvalue weighted by Gasteiger charge is -2.18. The van der Waals surface area contributed by atoms with E-state index in [0.717, 1.165) is 18.2 Å². The van der Waals surface area contributed by atoms with Gasteiger partial charge in [0.25, 0.3) is 0 Å². The Labute approximate surface area is 110 Å². The number of rotatable bonds is 3. The van der Waals surface area contributed by atoms with Gasteiger partial charge in [0.15, 0.2) is 0 Å². The maximum absolute atomic E-state index is 5.55. The summed E-state index contributed by atoms with van der Waals surface area (Å²) in [5, 5.41) is 3.59. The Balaban J connectivity index is 1.90. The summed E-state index contributed by atoms with van der Waals surface area (Å²) >= 11 is 0. The van der Waals surface area contributed by atoms with Gasteiger partial charge in [-0.2, -0.15) is 0 Å². The van der Waals surface area contributed by atoms with Gasteiger partial charge in [-0.15, -0.1) is 0 Å². The predicted octanol–water partition coefficient (Wildman–Crippen LogP) is 3.78. The first-order chi connectivity index (χ1) is 8.88.